The quantitative estimate of drug-likeness (QED) is 0.797. The highest BCUT2D eigenvalue weighted by molar-refractivity contribution is 6.31. The Kier molecular flexibility index (Phi) is 5.94. The maximum atomic E-state index is 6.09. The van der Waals surface area contributed by atoms with Gasteiger partial charge >= 0.3 is 0 Å². The molecule has 0 unspecified atom stereocenters. The largest absolute Gasteiger partial charge is 0.380 e. The first-order valence-corrected chi connectivity index (χ1v) is 6.98. The van der Waals surface area contributed by atoms with Crippen LogP contribution in [0.25, 0.3) is 0 Å². The molecule has 100 valence electrons. The number of rotatable bonds is 6. The predicted octanol–water partition coefficient (Wildman–Crippen LogP) is 1.80. The van der Waals surface area contributed by atoms with Gasteiger partial charge in [-0.1, -0.05) is 29.8 Å². The van der Waals surface area contributed by atoms with Crippen molar-refractivity contribution in [3.8, 4) is 0 Å². The number of halogens is 1. The number of piperazine rings is 1. The molecule has 0 amide bonds. The van der Waals surface area contributed by atoms with E-state index >= 15 is 0 Å². The summed E-state index contributed by atoms with van der Waals surface area (Å²) in [5, 5.41) is 4.18. The third kappa shape index (κ3) is 4.58. The van der Waals surface area contributed by atoms with Crippen molar-refractivity contribution in [3.63, 3.8) is 0 Å². The van der Waals surface area contributed by atoms with Gasteiger partial charge in [-0.3, -0.25) is 4.90 Å². The smallest absolute Gasteiger partial charge is 0.0593 e. The van der Waals surface area contributed by atoms with Gasteiger partial charge in [0.2, 0.25) is 0 Å². The third-order valence-corrected chi connectivity index (χ3v) is 3.60. The number of ether oxygens (including phenoxy) is 1. The Morgan fingerprint density at radius 2 is 1.94 bits per heavy atom. The van der Waals surface area contributed by atoms with E-state index in [1.807, 2.05) is 18.2 Å². The first kappa shape index (κ1) is 13.8. The molecule has 0 atom stereocenters. The van der Waals surface area contributed by atoms with Gasteiger partial charge in [-0.25, -0.2) is 0 Å². The molecule has 1 aromatic rings. The van der Waals surface area contributed by atoms with Gasteiger partial charge in [0, 0.05) is 37.7 Å². The molecular formula is C14H21ClN2O. The van der Waals surface area contributed by atoms with Crippen LogP contribution in [0, 0.1) is 0 Å². The molecule has 0 aliphatic carbocycles. The van der Waals surface area contributed by atoms with Gasteiger partial charge in [0.15, 0.2) is 0 Å². The summed E-state index contributed by atoms with van der Waals surface area (Å²) in [5.74, 6) is 0. The van der Waals surface area contributed by atoms with Crippen LogP contribution in [0.3, 0.4) is 0 Å². The molecule has 0 bridgehead atoms. The lowest BCUT2D eigenvalue weighted by atomic mass is 10.2. The van der Waals surface area contributed by atoms with E-state index in [0.29, 0.717) is 0 Å². The molecule has 1 heterocycles. The van der Waals surface area contributed by atoms with E-state index in [1.165, 1.54) is 5.56 Å². The maximum Gasteiger partial charge on any atom is 0.0593 e. The zero-order chi connectivity index (χ0) is 12.6. The van der Waals surface area contributed by atoms with Crippen LogP contribution >= 0.6 is 11.6 Å². The standard InChI is InChI=1S/C14H21ClN2O/c15-14-4-2-1-3-13(14)5-11-18-12-10-17-8-6-16-7-9-17/h1-4,16H,5-12H2. The Labute approximate surface area is 114 Å². The number of nitrogens with one attached hydrogen (secondary N) is 1. The van der Waals surface area contributed by atoms with Crippen molar-refractivity contribution in [2.24, 2.45) is 0 Å². The van der Waals surface area contributed by atoms with Crippen molar-refractivity contribution in [1.29, 1.82) is 0 Å². The van der Waals surface area contributed by atoms with E-state index in [0.717, 1.165) is 57.4 Å². The van der Waals surface area contributed by atoms with Crippen LogP contribution in [0.4, 0.5) is 0 Å². The maximum absolute atomic E-state index is 6.09. The Morgan fingerprint density at radius 3 is 2.72 bits per heavy atom. The molecule has 18 heavy (non-hydrogen) atoms. The normalized spacial score (nSPS) is 16.9. The summed E-state index contributed by atoms with van der Waals surface area (Å²) >= 11 is 6.09. The van der Waals surface area contributed by atoms with E-state index in [4.69, 9.17) is 16.3 Å². The van der Waals surface area contributed by atoms with Crippen molar-refractivity contribution in [2.45, 2.75) is 6.42 Å². The van der Waals surface area contributed by atoms with Crippen LogP contribution in [0.1, 0.15) is 5.56 Å². The molecule has 0 radical (unpaired) electrons. The average molecular weight is 269 g/mol. The van der Waals surface area contributed by atoms with Crippen molar-refractivity contribution < 1.29 is 4.74 Å². The minimum absolute atomic E-state index is 0.746. The van der Waals surface area contributed by atoms with Gasteiger partial charge in [-0.15, -0.1) is 0 Å². The fourth-order valence-corrected chi connectivity index (χ4v) is 2.34. The first-order valence-electron chi connectivity index (χ1n) is 6.60. The van der Waals surface area contributed by atoms with Crippen molar-refractivity contribution >= 4 is 11.6 Å². The Hall–Kier alpha value is -0.610. The highest BCUT2D eigenvalue weighted by Gasteiger charge is 2.08. The minimum Gasteiger partial charge on any atom is -0.380 e. The molecule has 0 spiro atoms. The fraction of sp³-hybridized carbons (Fsp3) is 0.571. The lowest BCUT2D eigenvalue weighted by molar-refractivity contribution is 0.101. The lowest BCUT2D eigenvalue weighted by Gasteiger charge is -2.26. The van der Waals surface area contributed by atoms with Gasteiger partial charge < -0.3 is 10.1 Å². The topological polar surface area (TPSA) is 24.5 Å². The molecule has 0 saturated carbocycles. The molecule has 2 rings (SSSR count). The summed E-state index contributed by atoms with van der Waals surface area (Å²) in [4.78, 5) is 2.44. The monoisotopic (exact) mass is 268 g/mol. The summed E-state index contributed by atoms with van der Waals surface area (Å²) in [5.41, 5.74) is 1.17. The Balaban J connectivity index is 1.57. The Bertz CT molecular complexity index is 353. The number of hydrogen-bond acceptors (Lipinski definition) is 3. The average Bonchev–Trinajstić information content (AvgIpc) is 2.42. The molecular weight excluding hydrogens is 248 g/mol. The molecule has 1 saturated heterocycles. The van der Waals surface area contributed by atoms with Crippen LogP contribution in [-0.4, -0.2) is 50.8 Å². The molecule has 0 aromatic heterocycles. The number of benzene rings is 1. The second-order valence-electron chi connectivity index (χ2n) is 4.55. The van der Waals surface area contributed by atoms with Crippen LogP contribution in [-0.2, 0) is 11.2 Å². The SMILES string of the molecule is Clc1ccccc1CCOCCN1CCNCC1. The summed E-state index contributed by atoms with van der Waals surface area (Å²) in [7, 11) is 0. The fourth-order valence-electron chi connectivity index (χ4n) is 2.11. The number of hydrogen-bond donors (Lipinski definition) is 1. The first-order chi connectivity index (χ1) is 8.86. The second kappa shape index (κ2) is 7.74. The second-order valence-corrected chi connectivity index (χ2v) is 4.95. The zero-order valence-corrected chi connectivity index (χ0v) is 11.5. The summed E-state index contributed by atoms with van der Waals surface area (Å²) in [6.45, 7) is 7.05. The summed E-state index contributed by atoms with van der Waals surface area (Å²) in [6.07, 6.45) is 0.890. The third-order valence-electron chi connectivity index (χ3n) is 3.24. The summed E-state index contributed by atoms with van der Waals surface area (Å²) < 4.78 is 5.67. The minimum atomic E-state index is 0.746. The highest BCUT2D eigenvalue weighted by atomic mass is 35.5. The molecule has 1 N–H and O–H groups in total. The van der Waals surface area contributed by atoms with E-state index in [9.17, 15) is 0 Å². The number of nitrogens with zero attached hydrogens (tertiary/aromatic N) is 1. The van der Waals surface area contributed by atoms with Gasteiger partial charge in [-0.2, -0.15) is 0 Å². The molecule has 1 fully saturated rings. The van der Waals surface area contributed by atoms with Gasteiger partial charge in [-0.05, 0) is 18.1 Å². The van der Waals surface area contributed by atoms with Crippen LogP contribution in [0.2, 0.25) is 5.02 Å². The van der Waals surface area contributed by atoms with Crippen molar-refractivity contribution in [1.82, 2.24) is 10.2 Å². The van der Waals surface area contributed by atoms with Gasteiger partial charge in [0.25, 0.3) is 0 Å². The van der Waals surface area contributed by atoms with Crippen molar-refractivity contribution in [3.05, 3.63) is 34.9 Å². The molecule has 1 aliphatic heterocycles. The Morgan fingerprint density at radius 1 is 1.17 bits per heavy atom. The zero-order valence-electron chi connectivity index (χ0n) is 10.7. The van der Waals surface area contributed by atoms with Crippen LogP contribution in [0.15, 0.2) is 24.3 Å². The summed E-state index contributed by atoms with van der Waals surface area (Å²) in [6, 6.07) is 7.96. The molecule has 1 aromatic carbocycles. The molecule has 4 heteroatoms. The van der Waals surface area contributed by atoms with Crippen LogP contribution in [0.5, 0.6) is 0 Å². The van der Waals surface area contributed by atoms with Crippen LogP contribution < -0.4 is 5.32 Å². The van der Waals surface area contributed by atoms with E-state index in [2.05, 4.69) is 16.3 Å². The van der Waals surface area contributed by atoms with Gasteiger partial charge in [0.05, 0.1) is 13.2 Å². The highest BCUT2D eigenvalue weighted by Crippen LogP contribution is 2.15. The van der Waals surface area contributed by atoms with Crippen molar-refractivity contribution in [2.75, 3.05) is 45.9 Å². The molecule has 3 nitrogen and oxygen atoms in total. The van der Waals surface area contributed by atoms with E-state index in [-0.39, 0.29) is 0 Å². The van der Waals surface area contributed by atoms with Gasteiger partial charge in [0.1, 0.15) is 0 Å². The predicted molar refractivity (Wildman–Crippen MR) is 75.3 cm³/mol. The lowest BCUT2D eigenvalue weighted by Crippen LogP contribution is -2.44. The molecule has 1 aliphatic rings. The van der Waals surface area contributed by atoms with E-state index in [1.54, 1.807) is 0 Å². The van der Waals surface area contributed by atoms with E-state index < -0.39 is 0 Å².